The first-order valence-corrected chi connectivity index (χ1v) is 9.15. The molecule has 3 rings (SSSR count). The van der Waals surface area contributed by atoms with Crippen molar-refractivity contribution < 1.29 is 9.53 Å². The number of hydrogen-bond donors (Lipinski definition) is 1. The largest absolute Gasteiger partial charge is 0.373 e. The highest BCUT2D eigenvalue weighted by Crippen LogP contribution is 2.19. The molecule has 1 aliphatic rings. The highest BCUT2D eigenvalue weighted by atomic mass is 16.5. The van der Waals surface area contributed by atoms with Gasteiger partial charge in [-0.3, -0.25) is 9.69 Å². The lowest BCUT2D eigenvalue weighted by Crippen LogP contribution is -2.52. The van der Waals surface area contributed by atoms with E-state index >= 15 is 0 Å². The summed E-state index contributed by atoms with van der Waals surface area (Å²) in [7, 11) is 0. The molecular weight excluding hydrogens is 314 g/mol. The van der Waals surface area contributed by atoms with E-state index in [0.717, 1.165) is 24.3 Å². The molecule has 0 bridgehead atoms. The predicted molar refractivity (Wildman–Crippen MR) is 101 cm³/mol. The standard InChI is InChI=1S/C20H29N3O2/c1-14-9-18-7-5-6-8-19(18)23(14)13-20(24)21-10-15(2)22-11-16(3)25-17(4)12-22/h5-9,15-17H,10-13H2,1-4H3,(H,21,24)/t15-,16-,17+/m1/s1. The monoisotopic (exact) mass is 343 g/mol. The Bertz CT molecular complexity index is 730. The summed E-state index contributed by atoms with van der Waals surface area (Å²) in [4.78, 5) is 14.8. The molecule has 1 aromatic heterocycles. The van der Waals surface area contributed by atoms with Crippen LogP contribution in [0.5, 0.6) is 0 Å². The second-order valence-corrected chi connectivity index (χ2v) is 7.29. The summed E-state index contributed by atoms with van der Waals surface area (Å²) in [5.41, 5.74) is 2.22. The SMILES string of the molecule is Cc1cc2ccccc2n1CC(=O)NC[C@@H](C)N1C[C@@H](C)O[C@@H](C)C1. The van der Waals surface area contributed by atoms with E-state index in [0.29, 0.717) is 19.1 Å². The van der Waals surface area contributed by atoms with Crippen LogP contribution in [0.4, 0.5) is 0 Å². The smallest absolute Gasteiger partial charge is 0.240 e. The number of amides is 1. The molecule has 2 aromatic rings. The van der Waals surface area contributed by atoms with Gasteiger partial charge in [0.25, 0.3) is 0 Å². The zero-order valence-electron chi connectivity index (χ0n) is 15.7. The first-order valence-electron chi connectivity index (χ1n) is 9.15. The Morgan fingerprint density at radius 3 is 2.68 bits per heavy atom. The number of morpholine rings is 1. The first kappa shape index (κ1) is 18.0. The Kier molecular flexibility index (Phi) is 5.45. The molecule has 3 atom stereocenters. The normalized spacial score (nSPS) is 22.9. The fraction of sp³-hybridized carbons (Fsp3) is 0.550. The average molecular weight is 343 g/mol. The molecular formula is C20H29N3O2. The van der Waals surface area contributed by atoms with Gasteiger partial charge in [-0.2, -0.15) is 0 Å². The minimum Gasteiger partial charge on any atom is -0.373 e. The lowest BCUT2D eigenvalue weighted by Gasteiger charge is -2.39. The first-order chi connectivity index (χ1) is 11.9. The molecule has 0 aliphatic carbocycles. The van der Waals surface area contributed by atoms with Gasteiger partial charge in [0.1, 0.15) is 6.54 Å². The molecule has 1 N–H and O–H groups in total. The van der Waals surface area contributed by atoms with Crippen LogP contribution in [0.15, 0.2) is 30.3 Å². The molecule has 0 spiro atoms. The third-order valence-corrected chi connectivity index (χ3v) is 4.99. The maximum atomic E-state index is 12.4. The number of nitrogens with zero attached hydrogens (tertiary/aromatic N) is 2. The molecule has 5 heteroatoms. The lowest BCUT2D eigenvalue weighted by atomic mass is 10.1. The summed E-state index contributed by atoms with van der Waals surface area (Å²) < 4.78 is 7.86. The van der Waals surface area contributed by atoms with Gasteiger partial charge in [-0.05, 0) is 45.2 Å². The summed E-state index contributed by atoms with van der Waals surface area (Å²) >= 11 is 0. The van der Waals surface area contributed by atoms with Crippen LogP contribution in [0.25, 0.3) is 10.9 Å². The van der Waals surface area contributed by atoms with E-state index in [-0.39, 0.29) is 18.1 Å². The Hall–Kier alpha value is -1.85. The van der Waals surface area contributed by atoms with Crippen molar-refractivity contribution in [3.63, 3.8) is 0 Å². The highest BCUT2D eigenvalue weighted by Gasteiger charge is 2.25. The molecule has 2 heterocycles. The van der Waals surface area contributed by atoms with Gasteiger partial charge >= 0.3 is 0 Å². The highest BCUT2D eigenvalue weighted by molar-refractivity contribution is 5.84. The summed E-state index contributed by atoms with van der Waals surface area (Å²) in [5.74, 6) is 0.0608. The number of aryl methyl sites for hydroxylation is 1. The van der Waals surface area contributed by atoms with Crippen LogP contribution in [0.3, 0.4) is 0 Å². The number of nitrogens with one attached hydrogen (secondary N) is 1. The minimum absolute atomic E-state index is 0.0608. The molecule has 1 aromatic carbocycles. The molecule has 136 valence electrons. The average Bonchev–Trinajstić information content (AvgIpc) is 2.87. The van der Waals surface area contributed by atoms with E-state index in [1.807, 2.05) is 19.1 Å². The van der Waals surface area contributed by atoms with Gasteiger partial charge < -0.3 is 14.6 Å². The van der Waals surface area contributed by atoms with Gasteiger partial charge in [-0.25, -0.2) is 0 Å². The third-order valence-electron chi connectivity index (χ3n) is 4.99. The van der Waals surface area contributed by atoms with Gasteiger partial charge in [-0.1, -0.05) is 18.2 Å². The molecule has 1 saturated heterocycles. The number of carbonyl (C=O) groups excluding carboxylic acids is 1. The Morgan fingerprint density at radius 1 is 1.28 bits per heavy atom. The number of hydrogen-bond acceptors (Lipinski definition) is 3. The maximum Gasteiger partial charge on any atom is 0.240 e. The van der Waals surface area contributed by atoms with Crippen molar-refractivity contribution in [2.45, 2.75) is 52.5 Å². The second kappa shape index (κ2) is 7.58. The van der Waals surface area contributed by atoms with Crippen molar-refractivity contribution in [1.82, 2.24) is 14.8 Å². The summed E-state index contributed by atoms with van der Waals surface area (Å²) in [6, 6.07) is 10.6. The summed E-state index contributed by atoms with van der Waals surface area (Å²) in [6.45, 7) is 11.3. The van der Waals surface area contributed by atoms with Gasteiger partial charge in [-0.15, -0.1) is 0 Å². The Labute approximate surface area is 149 Å². The van der Waals surface area contributed by atoms with Crippen molar-refractivity contribution in [1.29, 1.82) is 0 Å². The molecule has 1 amide bonds. The molecule has 5 nitrogen and oxygen atoms in total. The Balaban J connectivity index is 1.56. The van der Waals surface area contributed by atoms with Crippen LogP contribution >= 0.6 is 0 Å². The molecule has 1 fully saturated rings. The van der Waals surface area contributed by atoms with E-state index in [4.69, 9.17) is 4.74 Å². The van der Waals surface area contributed by atoms with Crippen molar-refractivity contribution in [2.24, 2.45) is 0 Å². The van der Waals surface area contributed by atoms with E-state index in [1.165, 1.54) is 5.39 Å². The lowest BCUT2D eigenvalue weighted by molar-refractivity contribution is -0.122. The molecule has 1 aliphatic heterocycles. The minimum atomic E-state index is 0.0608. The van der Waals surface area contributed by atoms with Gasteiger partial charge in [0, 0.05) is 36.9 Å². The Morgan fingerprint density at radius 2 is 1.96 bits per heavy atom. The number of carbonyl (C=O) groups is 1. The zero-order chi connectivity index (χ0) is 18.0. The second-order valence-electron chi connectivity index (χ2n) is 7.29. The fourth-order valence-corrected chi connectivity index (χ4v) is 3.73. The topological polar surface area (TPSA) is 46.5 Å². The van der Waals surface area contributed by atoms with E-state index < -0.39 is 0 Å². The third kappa shape index (κ3) is 4.22. The van der Waals surface area contributed by atoms with Crippen molar-refractivity contribution in [2.75, 3.05) is 19.6 Å². The van der Waals surface area contributed by atoms with Gasteiger partial charge in [0.15, 0.2) is 0 Å². The van der Waals surface area contributed by atoms with Crippen LogP contribution < -0.4 is 5.32 Å². The van der Waals surface area contributed by atoms with Crippen LogP contribution in [0.2, 0.25) is 0 Å². The van der Waals surface area contributed by atoms with Crippen molar-refractivity contribution in [3.8, 4) is 0 Å². The van der Waals surface area contributed by atoms with Gasteiger partial charge in [0.05, 0.1) is 12.2 Å². The quantitative estimate of drug-likeness (QED) is 0.908. The van der Waals surface area contributed by atoms with E-state index in [1.54, 1.807) is 0 Å². The molecule has 0 saturated carbocycles. The van der Waals surface area contributed by atoms with Crippen LogP contribution in [0.1, 0.15) is 26.5 Å². The number of para-hydroxylation sites is 1. The summed E-state index contributed by atoms with van der Waals surface area (Å²) in [5, 5.41) is 4.28. The number of ether oxygens (including phenoxy) is 1. The van der Waals surface area contributed by atoms with E-state index in [2.05, 4.69) is 53.8 Å². The summed E-state index contributed by atoms with van der Waals surface area (Å²) in [6.07, 6.45) is 0.492. The molecule has 0 unspecified atom stereocenters. The van der Waals surface area contributed by atoms with Crippen molar-refractivity contribution in [3.05, 3.63) is 36.0 Å². The molecule has 0 radical (unpaired) electrons. The number of fused-ring (bicyclic) bond motifs is 1. The predicted octanol–water partition coefficient (Wildman–Crippen LogP) is 2.56. The van der Waals surface area contributed by atoms with Crippen LogP contribution in [-0.4, -0.2) is 53.3 Å². The van der Waals surface area contributed by atoms with E-state index in [9.17, 15) is 4.79 Å². The number of benzene rings is 1. The number of rotatable bonds is 5. The van der Waals surface area contributed by atoms with Crippen molar-refractivity contribution >= 4 is 16.8 Å². The van der Waals surface area contributed by atoms with Crippen LogP contribution in [0, 0.1) is 6.92 Å². The zero-order valence-corrected chi connectivity index (χ0v) is 15.7. The number of aromatic nitrogens is 1. The molecule has 25 heavy (non-hydrogen) atoms. The fourth-order valence-electron chi connectivity index (χ4n) is 3.73. The van der Waals surface area contributed by atoms with Gasteiger partial charge in [0.2, 0.25) is 5.91 Å². The maximum absolute atomic E-state index is 12.4. The van der Waals surface area contributed by atoms with Crippen LogP contribution in [-0.2, 0) is 16.1 Å².